The summed E-state index contributed by atoms with van der Waals surface area (Å²) in [5.74, 6) is 0.702. The first-order chi connectivity index (χ1) is 16.7. The van der Waals surface area contributed by atoms with Crippen molar-refractivity contribution >= 4 is 29.2 Å². The minimum atomic E-state index is -0.510. The summed E-state index contributed by atoms with van der Waals surface area (Å²) in [4.78, 5) is 10.7. The van der Waals surface area contributed by atoms with Crippen LogP contribution in [-0.4, -0.2) is 33.3 Å². The number of hydrogen-bond donors (Lipinski definition) is 0. The zero-order chi connectivity index (χ0) is 23.3. The van der Waals surface area contributed by atoms with E-state index in [0.29, 0.717) is 33.3 Å². The number of anilines is 1. The molecule has 0 bridgehead atoms. The zero-order valence-electron chi connectivity index (χ0n) is 18.2. The SMILES string of the molecule is F/C(=C\c1ccc(Oc2ccccc2)c(Cl)c1N1CCCC1)c1cncc(-c2ccnnc2)n1. The average molecular weight is 474 g/mol. The topological polar surface area (TPSA) is 64.0 Å². The van der Waals surface area contributed by atoms with Crippen molar-refractivity contribution in [2.75, 3.05) is 18.0 Å². The number of para-hydroxylation sites is 1. The maximum Gasteiger partial charge on any atom is 0.151 e. The Morgan fingerprint density at radius 1 is 0.971 bits per heavy atom. The quantitative estimate of drug-likeness (QED) is 0.321. The number of nitrogens with zero attached hydrogens (tertiary/aromatic N) is 5. The lowest BCUT2D eigenvalue weighted by atomic mass is 10.1. The number of rotatable bonds is 6. The third-order valence-electron chi connectivity index (χ3n) is 5.55. The minimum absolute atomic E-state index is 0.127. The van der Waals surface area contributed by atoms with E-state index in [0.717, 1.165) is 31.6 Å². The molecule has 1 aliphatic rings. The smallest absolute Gasteiger partial charge is 0.151 e. The highest BCUT2D eigenvalue weighted by molar-refractivity contribution is 6.35. The van der Waals surface area contributed by atoms with E-state index in [2.05, 4.69) is 25.1 Å². The first-order valence-electron chi connectivity index (χ1n) is 11.0. The van der Waals surface area contributed by atoms with Crippen LogP contribution >= 0.6 is 11.6 Å². The third-order valence-corrected chi connectivity index (χ3v) is 5.91. The average Bonchev–Trinajstić information content (AvgIpc) is 3.41. The molecule has 1 fully saturated rings. The molecule has 0 amide bonds. The fourth-order valence-electron chi connectivity index (χ4n) is 3.91. The van der Waals surface area contributed by atoms with Gasteiger partial charge in [-0.15, -0.1) is 0 Å². The highest BCUT2D eigenvalue weighted by Crippen LogP contribution is 2.42. The van der Waals surface area contributed by atoms with E-state index in [1.54, 1.807) is 30.7 Å². The van der Waals surface area contributed by atoms with Crippen molar-refractivity contribution in [1.82, 2.24) is 20.2 Å². The Kier molecular flexibility index (Phi) is 6.44. The van der Waals surface area contributed by atoms with Crippen LogP contribution in [0, 0.1) is 0 Å². The van der Waals surface area contributed by atoms with E-state index in [1.165, 1.54) is 12.3 Å². The van der Waals surface area contributed by atoms with Gasteiger partial charge in [0.25, 0.3) is 0 Å². The summed E-state index contributed by atoms with van der Waals surface area (Å²) >= 11 is 6.82. The number of hydrogen-bond acceptors (Lipinski definition) is 6. The second-order valence-electron chi connectivity index (χ2n) is 7.84. The summed E-state index contributed by atoms with van der Waals surface area (Å²) in [6.07, 6.45) is 9.64. The van der Waals surface area contributed by atoms with E-state index in [1.807, 2.05) is 36.4 Å². The van der Waals surface area contributed by atoms with Gasteiger partial charge >= 0.3 is 0 Å². The van der Waals surface area contributed by atoms with Crippen LogP contribution in [0.2, 0.25) is 5.02 Å². The van der Waals surface area contributed by atoms with Crippen molar-refractivity contribution in [2.45, 2.75) is 12.8 Å². The molecule has 3 heterocycles. The molecule has 4 aromatic rings. The van der Waals surface area contributed by atoms with Gasteiger partial charge in [-0.2, -0.15) is 10.2 Å². The van der Waals surface area contributed by atoms with Gasteiger partial charge in [0.1, 0.15) is 22.2 Å². The van der Waals surface area contributed by atoms with E-state index in [-0.39, 0.29) is 5.69 Å². The van der Waals surface area contributed by atoms with Crippen LogP contribution in [-0.2, 0) is 0 Å². The number of ether oxygens (including phenoxy) is 1. The first-order valence-corrected chi connectivity index (χ1v) is 11.3. The van der Waals surface area contributed by atoms with Gasteiger partial charge < -0.3 is 9.64 Å². The summed E-state index contributed by atoms with van der Waals surface area (Å²) in [5.41, 5.74) is 2.76. The first kappa shape index (κ1) is 22.0. The normalized spacial score (nSPS) is 13.8. The van der Waals surface area contributed by atoms with E-state index in [9.17, 15) is 0 Å². The fraction of sp³-hybridized carbons (Fsp3) is 0.154. The molecule has 170 valence electrons. The molecular formula is C26H21ClFN5O. The highest BCUT2D eigenvalue weighted by atomic mass is 35.5. The molecule has 0 radical (unpaired) electrons. The maximum atomic E-state index is 15.4. The van der Waals surface area contributed by atoms with E-state index >= 15 is 4.39 Å². The predicted molar refractivity (Wildman–Crippen MR) is 131 cm³/mol. The monoisotopic (exact) mass is 473 g/mol. The lowest BCUT2D eigenvalue weighted by Gasteiger charge is -2.23. The second kappa shape index (κ2) is 9.97. The molecule has 0 saturated carbocycles. The largest absolute Gasteiger partial charge is 0.456 e. The zero-order valence-corrected chi connectivity index (χ0v) is 19.0. The Morgan fingerprint density at radius 3 is 2.56 bits per heavy atom. The van der Waals surface area contributed by atoms with Crippen LogP contribution in [0.3, 0.4) is 0 Å². The summed E-state index contributed by atoms with van der Waals surface area (Å²) in [7, 11) is 0. The Bertz CT molecular complexity index is 1310. The summed E-state index contributed by atoms with van der Waals surface area (Å²) in [6, 6.07) is 14.8. The lowest BCUT2D eigenvalue weighted by molar-refractivity contribution is 0.483. The molecular weight excluding hydrogens is 453 g/mol. The van der Waals surface area contributed by atoms with Gasteiger partial charge in [0.2, 0.25) is 0 Å². The molecule has 8 heteroatoms. The number of aromatic nitrogens is 4. The molecule has 0 N–H and O–H groups in total. The van der Waals surface area contributed by atoms with Gasteiger partial charge in [0.15, 0.2) is 5.83 Å². The van der Waals surface area contributed by atoms with Crippen LogP contribution < -0.4 is 9.64 Å². The summed E-state index contributed by atoms with van der Waals surface area (Å²) in [6.45, 7) is 1.70. The summed E-state index contributed by atoms with van der Waals surface area (Å²) < 4.78 is 21.4. The van der Waals surface area contributed by atoms with Crippen molar-refractivity contribution in [3.63, 3.8) is 0 Å². The van der Waals surface area contributed by atoms with Gasteiger partial charge in [0, 0.05) is 24.2 Å². The third kappa shape index (κ3) is 4.75. The molecule has 0 spiro atoms. The van der Waals surface area contributed by atoms with Crippen molar-refractivity contribution in [3.8, 4) is 22.8 Å². The molecule has 34 heavy (non-hydrogen) atoms. The van der Waals surface area contributed by atoms with Crippen LogP contribution in [0.5, 0.6) is 11.5 Å². The number of benzene rings is 2. The fourth-order valence-corrected chi connectivity index (χ4v) is 4.24. The molecule has 1 aliphatic heterocycles. The Hall–Kier alpha value is -3.84. The molecule has 6 nitrogen and oxygen atoms in total. The van der Waals surface area contributed by atoms with Gasteiger partial charge in [-0.3, -0.25) is 4.98 Å². The molecule has 0 unspecified atom stereocenters. The van der Waals surface area contributed by atoms with Crippen LogP contribution in [0.15, 0.2) is 73.3 Å². The van der Waals surface area contributed by atoms with Crippen molar-refractivity contribution < 1.29 is 9.13 Å². The van der Waals surface area contributed by atoms with Crippen molar-refractivity contribution in [1.29, 1.82) is 0 Å². The Morgan fingerprint density at radius 2 is 1.79 bits per heavy atom. The standard InChI is InChI=1S/C26H21ClFN5O/c27-25-24(34-20-6-2-1-3-7-20)9-8-18(26(25)33-12-4-5-13-33)14-21(28)23-17-29-16-22(32-23)19-10-11-30-31-15-19/h1-3,6-11,14-17H,4-5,12-13H2/b21-14-. The Labute approximate surface area is 201 Å². The molecule has 0 atom stereocenters. The minimum Gasteiger partial charge on any atom is -0.456 e. The van der Waals surface area contributed by atoms with Gasteiger partial charge in [-0.1, -0.05) is 29.8 Å². The second-order valence-corrected chi connectivity index (χ2v) is 8.22. The molecule has 1 saturated heterocycles. The van der Waals surface area contributed by atoms with Gasteiger partial charge in [-0.05, 0) is 49.2 Å². The lowest BCUT2D eigenvalue weighted by Crippen LogP contribution is -2.19. The van der Waals surface area contributed by atoms with Crippen LogP contribution in [0.1, 0.15) is 24.1 Å². The van der Waals surface area contributed by atoms with Crippen molar-refractivity contribution in [2.24, 2.45) is 0 Å². The maximum absolute atomic E-state index is 15.4. The molecule has 0 aliphatic carbocycles. The van der Waals surface area contributed by atoms with E-state index < -0.39 is 5.83 Å². The number of halogens is 2. The summed E-state index contributed by atoms with van der Waals surface area (Å²) in [5, 5.41) is 8.06. The highest BCUT2D eigenvalue weighted by Gasteiger charge is 2.22. The van der Waals surface area contributed by atoms with Crippen molar-refractivity contribution in [3.05, 3.63) is 89.6 Å². The molecule has 2 aromatic carbocycles. The van der Waals surface area contributed by atoms with Gasteiger partial charge in [-0.25, -0.2) is 9.37 Å². The molecule has 2 aromatic heterocycles. The van der Waals surface area contributed by atoms with Crippen LogP contribution in [0.25, 0.3) is 23.2 Å². The molecule has 5 rings (SSSR count). The predicted octanol–water partition coefficient (Wildman–Crippen LogP) is 6.45. The van der Waals surface area contributed by atoms with E-state index in [4.69, 9.17) is 16.3 Å². The van der Waals surface area contributed by atoms with Gasteiger partial charge in [0.05, 0.1) is 36.2 Å². The Balaban J connectivity index is 1.52. The van der Waals surface area contributed by atoms with Crippen LogP contribution in [0.4, 0.5) is 10.1 Å².